The van der Waals surface area contributed by atoms with Crippen LogP contribution in [0.5, 0.6) is 11.5 Å². The molecule has 4 aromatic rings. The molecule has 188 valence electrons. The standard InChI is InChI=1S/C28H24N2O4S3/c31-37(32,25-9-11-27-19(13-25)15-29(17-33-27)21-1-5-23(35)6-2-21)26-10-12-28-20(14-26)16-30(18-34-28)22-3-7-24(36)8-4-22/h1-14,35-36H,15-18H2. The van der Waals surface area contributed by atoms with E-state index in [-0.39, 0.29) is 9.79 Å². The number of fused-ring (bicyclic) bond motifs is 2. The lowest BCUT2D eigenvalue weighted by Gasteiger charge is -2.31. The zero-order chi connectivity index (χ0) is 25.6. The third-order valence-electron chi connectivity index (χ3n) is 6.59. The molecule has 0 atom stereocenters. The average Bonchev–Trinajstić information content (AvgIpc) is 2.92. The summed E-state index contributed by atoms with van der Waals surface area (Å²) < 4.78 is 39.1. The van der Waals surface area contributed by atoms with E-state index in [9.17, 15) is 8.42 Å². The van der Waals surface area contributed by atoms with Gasteiger partial charge in [-0.05, 0) is 84.9 Å². The van der Waals surface area contributed by atoms with Crippen LogP contribution in [-0.2, 0) is 22.9 Å². The molecular weight excluding hydrogens is 525 g/mol. The summed E-state index contributed by atoms with van der Waals surface area (Å²) in [6.07, 6.45) is 0. The fourth-order valence-corrected chi connectivity index (χ4v) is 6.23. The lowest BCUT2D eigenvalue weighted by Crippen LogP contribution is -2.32. The number of thiol groups is 2. The number of benzene rings is 4. The van der Waals surface area contributed by atoms with Gasteiger partial charge in [0.1, 0.15) is 11.5 Å². The third-order valence-corrected chi connectivity index (χ3v) is 8.93. The van der Waals surface area contributed by atoms with Crippen LogP contribution in [0.1, 0.15) is 11.1 Å². The van der Waals surface area contributed by atoms with Crippen molar-refractivity contribution in [1.82, 2.24) is 0 Å². The fourth-order valence-electron chi connectivity index (χ4n) is 4.57. The van der Waals surface area contributed by atoms with Crippen LogP contribution in [0.4, 0.5) is 11.4 Å². The van der Waals surface area contributed by atoms with E-state index in [1.54, 1.807) is 36.4 Å². The van der Waals surface area contributed by atoms with Gasteiger partial charge in [-0.2, -0.15) is 0 Å². The van der Waals surface area contributed by atoms with Gasteiger partial charge in [0.05, 0.1) is 9.79 Å². The first kappa shape index (κ1) is 24.1. The van der Waals surface area contributed by atoms with Gasteiger partial charge >= 0.3 is 0 Å². The summed E-state index contributed by atoms with van der Waals surface area (Å²) in [5.74, 6) is 1.39. The second kappa shape index (κ2) is 9.55. The van der Waals surface area contributed by atoms with Crippen molar-refractivity contribution in [3.8, 4) is 11.5 Å². The molecule has 6 nitrogen and oxygen atoms in total. The Bertz CT molecular complexity index is 1460. The van der Waals surface area contributed by atoms with Gasteiger partial charge in [0.2, 0.25) is 9.84 Å². The molecule has 0 radical (unpaired) electrons. The minimum absolute atomic E-state index is 0.236. The summed E-state index contributed by atoms with van der Waals surface area (Å²) >= 11 is 8.70. The van der Waals surface area contributed by atoms with Crippen molar-refractivity contribution >= 4 is 46.5 Å². The number of hydrogen-bond donors (Lipinski definition) is 2. The topological polar surface area (TPSA) is 59.1 Å². The summed E-state index contributed by atoms with van der Waals surface area (Å²) in [5.41, 5.74) is 3.62. The van der Waals surface area contributed by atoms with Crippen LogP contribution in [0.15, 0.2) is 105 Å². The maximum absolute atomic E-state index is 13.7. The van der Waals surface area contributed by atoms with Gasteiger partial charge in [0.25, 0.3) is 0 Å². The van der Waals surface area contributed by atoms with Crippen molar-refractivity contribution in [2.75, 3.05) is 23.3 Å². The van der Waals surface area contributed by atoms with Crippen LogP contribution in [0.25, 0.3) is 0 Å². The minimum Gasteiger partial charge on any atom is -0.473 e. The van der Waals surface area contributed by atoms with Crippen LogP contribution in [0, 0.1) is 0 Å². The Labute approximate surface area is 227 Å². The van der Waals surface area contributed by atoms with E-state index < -0.39 is 9.84 Å². The van der Waals surface area contributed by atoms with Crippen molar-refractivity contribution in [3.05, 3.63) is 96.1 Å². The zero-order valence-corrected chi connectivity index (χ0v) is 22.3. The van der Waals surface area contributed by atoms with E-state index in [0.717, 1.165) is 32.3 Å². The molecule has 0 unspecified atom stereocenters. The number of anilines is 2. The average molecular weight is 549 g/mol. The SMILES string of the molecule is O=S(=O)(c1ccc2c(c1)CN(c1ccc(S)cc1)CO2)c1ccc2c(c1)CN(c1ccc(S)cc1)CO2. The Hall–Kier alpha value is -3.27. The quantitative estimate of drug-likeness (QED) is 0.314. The van der Waals surface area contributed by atoms with Crippen LogP contribution in [0.2, 0.25) is 0 Å². The molecule has 2 heterocycles. The second-order valence-corrected chi connectivity index (χ2v) is 12.0. The van der Waals surface area contributed by atoms with Crippen molar-refractivity contribution in [2.45, 2.75) is 32.7 Å². The summed E-state index contributed by atoms with van der Waals surface area (Å²) in [6, 6.07) is 25.7. The molecule has 0 saturated carbocycles. The van der Waals surface area contributed by atoms with Crippen LogP contribution >= 0.6 is 25.3 Å². The van der Waals surface area contributed by atoms with Crippen LogP contribution < -0.4 is 19.3 Å². The van der Waals surface area contributed by atoms with E-state index in [0.29, 0.717) is 38.1 Å². The van der Waals surface area contributed by atoms with Gasteiger partial charge < -0.3 is 19.3 Å². The highest BCUT2D eigenvalue weighted by molar-refractivity contribution is 7.91. The highest BCUT2D eigenvalue weighted by Gasteiger charge is 2.26. The predicted molar refractivity (Wildman–Crippen MR) is 149 cm³/mol. The molecule has 0 amide bonds. The molecule has 0 spiro atoms. The maximum atomic E-state index is 13.7. The fraction of sp³-hybridized carbons (Fsp3) is 0.143. The van der Waals surface area contributed by atoms with Crippen LogP contribution in [-0.4, -0.2) is 21.9 Å². The molecule has 4 aromatic carbocycles. The number of sulfone groups is 1. The summed E-state index contributed by atoms with van der Waals surface area (Å²) in [6.45, 7) is 1.87. The Morgan fingerprint density at radius 3 is 1.41 bits per heavy atom. The molecule has 6 rings (SSSR count). The highest BCUT2D eigenvalue weighted by atomic mass is 32.2. The lowest BCUT2D eigenvalue weighted by molar-refractivity contribution is 0.289. The Balaban J connectivity index is 1.27. The van der Waals surface area contributed by atoms with Gasteiger partial charge in [-0.25, -0.2) is 8.42 Å². The number of rotatable bonds is 4. The lowest BCUT2D eigenvalue weighted by atomic mass is 10.1. The molecule has 2 aliphatic heterocycles. The van der Waals surface area contributed by atoms with Gasteiger partial charge in [0, 0.05) is 45.4 Å². The van der Waals surface area contributed by atoms with E-state index in [1.807, 2.05) is 48.5 Å². The summed E-state index contributed by atoms with van der Waals surface area (Å²) in [5, 5.41) is 0. The van der Waals surface area contributed by atoms with Crippen molar-refractivity contribution in [3.63, 3.8) is 0 Å². The molecule has 9 heteroatoms. The van der Waals surface area contributed by atoms with Crippen LogP contribution in [0.3, 0.4) is 0 Å². The highest BCUT2D eigenvalue weighted by Crippen LogP contribution is 2.35. The monoisotopic (exact) mass is 548 g/mol. The van der Waals surface area contributed by atoms with Gasteiger partial charge in [-0.1, -0.05) is 0 Å². The molecular formula is C28H24N2O4S3. The molecule has 2 aliphatic rings. The number of nitrogens with zero attached hydrogens (tertiary/aromatic N) is 2. The molecule has 0 bridgehead atoms. The Morgan fingerprint density at radius 2 is 1.00 bits per heavy atom. The van der Waals surface area contributed by atoms with Crippen molar-refractivity contribution < 1.29 is 17.9 Å². The molecule has 0 fully saturated rings. The molecule has 0 aliphatic carbocycles. The molecule has 0 N–H and O–H groups in total. The first-order valence-electron chi connectivity index (χ1n) is 11.7. The minimum atomic E-state index is -3.75. The Morgan fingerprint density at radius 1 is 0.595 bits per heavy atom. The van der Waals surface area contributed by atoms with Gasteiger partial charge in [-0.3, -0.25) is 0 Å². The van der Waals surface area contributed by atoms with Crippen molar-refractivity contribution in [1.29, 1.82) is 0 Å². The first-order chi connectivity index (χ1) is 17.9. The zero-order valence-electron chi connectivity index (χ0n) is 19.7. The number of ether oxygens (including phenoxy) is 2. The predicted octanol–water partition coefficient (Wildman–Crippen LogP) is 5.81. The molecule has 0 aromatic heterocycles. The third kappa shape index (κ3) is 4.74. The van der Waals surface area contributed by atoms with Gasteiger partial charge in [-0.15, -0.1) is 25.3 Å². The van der Waals surface area contributed by atoms with Gasteiger partial charge in [0.15, 0.2) is 13.5 Å². The first-order valence-corrected chi connectivity index (χ1v) is 14.1. The van der Waals surface area contributed by atoms with E-state index in [4.69, 9.17) is 9.47 Å². The van der Waals surface area contributed by atoms with Crippen molar-refractivity contribution in [2.24, 2.45) is 0 Å². The normalized spacial score (nSPS) is 14.9. The van der Waals surface area contributed by atoms with E-state index in [2.05, 4.69) is 35.1 Å². The molecule has 0 saturated heterocycles. The molecule has 37 heavy (non-hydrogen) atoms. The van der Waals surface area contributed by atoms with E-state index in [1.165, 1.54) is 0 Å². The van der Waals surface area contributed by atoms with E-state index >= 15 is 0 Å². The summed E-state index contributed by atoms with van der Waals surface area (Å²) in [7, 11) is -3.75. The summed E-state index contributed by atoms with van der Waals surface area (Å²) in [4.78, 5) is 6.34. The second-order valence-electron chi connectivity index (χ2n) is 9.02. The maximum Gasteiger partial charge on any atom is 0.206 e. The Kier molecular flexibility index (Phi) is 6.22. The largest absolute Gasteiger partial charge is 0.473 e. The number of hydrogen-bond acceptors (Lipinski definition) is 8. The smallest absolute Gasteiger partial charge is 0.206 e.